The number of furan rings is 1. The quantitative estimate of drug-likeness (QED) is 0.751. The number of hydrogen-bond donors (Lipinski definition) is 2. The first-order valence-corrected chi connectivity index (χ1v) is 6.26. The second kappa shape index (κ2) is 5.87. The van der Waals surface area contributed by atoms with Gasteiger partial charge in [0.1, 0.15) is 5.76 Å². The fraction of sp³-hybridized carbons (Fsp3) is 0.615. The van der Waals surface area contributed by atoms with Crippen LogP contribution in [0.2, 0.25) is 0 Å². The molecule has 17 heavy (non-hydrogen) atoms. The van der Waals surface area contributed by atoms with Crippen LogP contribution in [0.25, 0.3) is 0 Å². The summed E-state index contributed by atoms with van der Waals surface area (Å²) in [5, 5.41) is 6.13. The van der Waals surface area contributed by atoms with E-state index < -0.39 is 0 Å². The SMILES string of the molecule is CC(Cc1ccco1)NCC(=O)NCC1CC1. The summed E-state index contributed by atoms with van der Waals surface area (Å²) in [6.45, 7) is 3.28. The van der Waals surface area contributed by atoms with Crippen molar-refractivity contribution >= 4 is 5.91 Å². The smallest absolute Gasteiger partial charge is 0.233 e. The lowest BCUT2D eigenvalue weighted by Gasteiger charge is -2.12. The molecule has 0 saturated heterocycles. The van der Waals surface area contributed by atoms with E-state index in [1.807, 2.05) is 12.1 Å². The number of hydrogen-bond acceptors (Lipinski definition) is 3. The van der Waals surface area contributed by atoms with Gasteiger partial charge in [0.2, 0.25) is 5.91 Å². The van der Waals surface area contributed by atoms with E-state index in [0.29, 0.717) is 6.54 Å². The van der Waals surface area contributed by atoms with Crippen LogP contribution in [0.3, 0.4) is 0 Å². The minimum Gasteiger partial charge on any atom is -0.469 e. The van der Waals surface area contributed by atoms with Crippen LogP contribution in [0.4, 0.5) is 0 Å². The highest BCUT2D eigenvalue weighted by atomic mass is 16.3. The van der Waals surface area contributed by atoms with Crippen LogP contribution >= 0.6 is 0 Å². The number of rotatable bonds is 7. The predicted molar refractivity (Wildman–Crippen MR) is 65.6 cm³/mol. The Labute approximate surface area is 102 Å². The lowest BCUT2D eigenvalue weighted by molar-refractivity contribution is -0.120. The molecule has 1 heterocycles. The Kier molecular flexibility index (Phi) is 4.20. The number of carbonyl (C=O) groups is 1. The molecule has 2 rings (SSSR count). The topological polar surface area (TPSA) is 54.3 Å². The van der Waals surface area contributed by atoms with Crippen molar-refractivity contribution < 1.29 is 9.21 Å². The molecule has 0 radical (unpaired) electrons. The van der Waals surface area contributed by atoms with E-state index in [9.17, 15) is 4.79 Å². The molecule has 1 aliphatic rings. The summed E-state index contributed by atoms with van der Waals surface area (Å²) < 4.78 is 5.26. The zero-order chi connectivity index (χ0) is 12.1. The Morgan fingerprint density at radius 3 is 3.06 bits per heavy atom. The second-order valence-electron chi connectivity index (χ2n) is 4.81. The van der Waals surface area contributed by atoms with Crippen molar-refractivity contribution in [3.63, 3.8) is 0 Å². The molecule has 1 fully saturated rings. The van der Waals surface area contributed by atoms with Gasteiger partial charge in [0.15, 0.2) is 0 Å². The molecule has 1 aromatic rings. The van der Waals surface area contributed by atoms with E-state index in [1.54, 1.807) is 6.26 Å². The largest absolute Gasteiger partial charge is 0.469 e. The van der Waals surface area contributed by atoms with Crippen LogP contribution in [0.5, 0.6) is 0 Å². The van der Waals surface area contributed by atoms with Gasteiger partial charge in [0, 0.05) is 19.0 Å². The molecule has 1 amide bonds. The van der Waals surface area contributed by atoms with Crippen LogP contribution in [0.1, 0.15) is 25.5 Å². The maximum atomic E-state index is 11.5. The molecule has 1 unspecified atom stereocenters. The third-order valence-electron chi connectivity index (χ3n) is 2.98. The lowest BCUT2D eigenvalue weighted by atomic mass is 10.2. The molecule has 0 aromatic carbocycles. The van der Waals surface area contributed by atoms with Gasteiger partial charge in [-0.05, 0) is 37.8 Å². The molecule has 94 valence electrons. The summed E-state index contributed by atoms with van der Waals surface area (Å²) in [4.78, 5) is 11.5. The first-order chi connectivity index (χ1) is 8.24. The van der Waals surface area contributed by atoms with Crippen molar-refractivity contribution in [2.75, 3.05) is 13.1 Å². The van der Waals surface area contributed by atoms with E-state index in [2.05, 4.69) is 17.6 Å². The zero-order valence-corrected chi connectivity index (χ0v) is 10.2. The molecule has 1 aromatic heterocycles. The molecule has 1 atom stereocenters. The minimum atomic E-state index is 0.0863. The first kappa shape index (κ1) is 12.2. The molecular weight excluding hydrogens is 216 g/mol. The van der Waals surface area contributed by atoms with Crippen LogP contribution in [0.15, 0.2) is 22.8 Å². The zero-order valence-electron chi connectivity index (χ0n) is 10.2. The van der Waals surface area contributed by atoms with Gasteiger partial charge in [0.05, 0.1) is 12.8 Å². The fourth-order valence-corrected chi connectivity index (χ4v) is 1.71. The van der Waals surface area contributed by atoms with Crippen molar-refractivity contribution in [2.24, 2.45) is 5.92 Å². The third-order valence-corrected chi connectivity index (χ3v) is 2.98. The van der Waals surface area contributed by atoms with E-state index in [1.165, 1.54) is 12.8 Å². The fourth-order valence-electron chi connectivity index (χ4n) is 1.71. The predicted octanol–water partition coefficient (Wildman–Crippen LogP) is 1.33. The van der Waals surface area contributed by atoms with E-state index >= 15 is 0 Å². The standard InChI is InChI=1S/C13H20N2O2/c1-10(7-12-3-2-6-17-12)14-9-13(16)15-8-11-4-5-11/h2-3,6,10-11,14H,4-5,7-9H2,1H3,(H,15,16). The molecule has 0 aliphatic heterocycles. The van der Waals surface area contributed by atoms with Gasteiger partial charge in [-0.15, -0.1) is 0 Å². The van der Waals surface area contributed by atoms with Crippen LogP contribution in [-0.2, 0) is 11.2 Å². The maximum absolute atomic E-state index is 11.5. The average Bonchev–Trinajstić information content (AvgIpc) is 3.01. The lowest BCUT2D eigenvalue weighted by Crippen LogP contribution is -2.39. The van der Waals surface area contributed by atoms with Gasteiger partial charge in [-0.3, -0.25) is 4.79 Å². The van der Waals surface area contributed by atoms with Crippen molar-refractivity contribution in [1.82, 2.24) is 10.6 Å². The molecule has 2 N–H and O–H groups in total. The third kappa shape index (κ3) is 4.61. The Morgan fingerprint density at radius 2 is 2.41 bits per heavy atom. The van der Waals surface area contributed by atoms with Gasteiger partial charge in [-0.2, -0.15) is 0 Å². The number of amides is 1. The second-order valence-corrected chi connectivity index (χ2v) is 4.81. The Hall–Kier alpha value is -1.29. The van der Waals surface area contributed by atoms with Crippen LogP contribution in [-0.4, -0.2) is 25.0 Å². The summed E-state index contributed by atoms with van der Waals surface area (Å²) in [7, 11) is 0. The van der Waals surface area contributed by atoms with Crippen molar-refractivity contribution in [3.8, 4) is 0 Å². The molecule has 4 nitrogen and oxygen atoms in total. The van der Waals surface area contributed by atoms with Gasteiger partial charge in [-0.1, -0.05) is 0 Å². The normalized spacial score (nSPS) is 16.8. The Morgan fingerprint density at radius 1 is 1.59 bits per heavy atom. The first-order valence-electron chi connectivity index (χ1n) is 6.26. The summed E-state index contributed by atoms with van der Waals surface area (Å²) >= 11 is 0. The molecule has 1 aliphatic carbocycles. The highest BCUT2D eigenvalue weighted by molar-refractivity contribution is 5.78. The van der Waals surface area contributed by atoms with Crippen molar-refractivity contribution in [2.45, 2.75) is 32.2 Å². The van der Waals surface area contributed by atoms with Gasteiger partial charge in [-0.25, -0.2) is 0 Å². The highest BCUT2D eigenvalue weighted by Crippen LogP contribution is 2.27. The number of nitrogens with one attached hydrogen (secondary N) is 2. The average molecular weight is 236 g/mol. The molecule has 0 spiro atoms. The van der Waals surface area contributed by atoms with Gasteiger partial charge >= 0.3 is 0 Å². The van der Waals surface area contributed by atoms with Crippen LogP contribution in [0, 0.1) is 5.92 Å². The van der Waals surface area contributed by atoms with E-state index in [0.717, 1.165) is 24.6 Å². The van der Waals surface area contributed by atoms with Crippen LogP contribution < -0.4 is 10.6 Å². The Balaban J connectivity index is 1.58. The molecule has 0 bridgehead atoms. The Bertz CT molecular complexity index is 344. The summed E-state index contributed by atoms with van der Waals surface area (Å²) in [5.41, 5.74) is 0. The van der Waals surface area contributed by atoms with E-state index in [-0.39, 0.29) is 11.9 Å². The minimum absolute atomic E-state index is 0.0863. The maximum Gasteiger partial charge on any atom is 0.233 e. The molecular formula is C13H20N2O2. The van der Waals surface area contributed by atoms with Gasteiger partial charge < -0.3 is 15.1 Å². The molecule has 4 heteroatoms. The summed E-state index contributed by atoms with van der Waals surface area (Å²) in [6, 6.07) is 4.07. The summed E-state index contributed by atoms with van der Waals surface area (Å²) in [6.07, 6.45) is 5.01. The highest BCUT2D eigenvalue weighted by Gasteiger charge is 2.21. The summed E-state index contributed by atoms with van der Waals surface area (Å²) in [5.74, 6) is 1.77. The van der Waals surface area contributed by atoms with Crippen molar-refractivity contribution in [1.29, 1.82) is 0 Å². The van der Waals surface area contributed by atoms with Crippen molar-refractivity contribution in [3.05, 3.63) is 24.2 Å². The van der Waals surface area contributed by atoms with E-state index in [4.69, 9.17) is 4.42 Å². The number of carbonyl (C=O) groups excluding carboxylic acids is 1. The van der Waals surface area contributed by atoms with Gasteiger partial charge in [0.25, 0.3) is 0 Å². The monoisotopic (exact) mass is 236 g/mol. The molecule has 1 saturated carbocycles.